The summed E-state index contributed by atoms with van der Waals surface area (Å²) in [5.41, 5.74) is 1.35. The van der Waals surface area contributed by atoms with E-state index in [0.717, 1.165) is 41.3 Å². The number of ether oxygens (including phenoxy) is 1. The molecule has 0 bridgehead atoms. The molecule has 212 valence electrons. The Kier molecular flexibility index (Phi) is 9.26. The second-order valence-corrected chi connectivity index (χ2v) is 15.3. The van der Waals surface area contributed by atoms with Gasteiger partial charge in [0.25, 0.3) is 0 Å². The van der Waals surface area contributed by atoms with E-state index >= 15 is 0 Å². The Hall–Kier alpha value is -1.90. The van der Waals surface area contributed by atoms with Gasteiger partial charge in [-0.05, 0) is 51.7 Å². The lowest BCUT2D eigenvalue weighted by Crippen LogP contribution is -2.38. The molecular weight excluding hydrogens is 548 g/mol. The molecule has 4 rings (SSSR count). The number of aromatic nitrogens is 1. The number of alkyl carbamates (subject to hydrolysis) is 1. The third-order valence-electron chi connectivity index (χ3n) is 6.86. The van der Waals surface area contributed by atoms with Crippen molar-refractivity contribution in [3.05, 3.63) is 29.4 Å². The molecule has 0 unspecified atom stereocenters. The number of amides is 1. The second kappa shape index (κ2) is 12.1. The average molecular weight is 587 g/mol. The third-order valence-corrected chi connectivity index (χ3v) is 11.3. The van der Waals surface area contributed by atoms with Crippen molar-refractivity contribution < 1.29 is 27.1 Å². The number of carbonyl (C=O) groups is 1. The SMILES string of the molecule is CCNS(=O)(=O)c1cc(N2CCS(O)(O)CC2)ccc1-c1cnc(C2CCC(NC(=O)OC(C)C)CC2)s1. The van der Waals surface area contributed by atoms with Crippen molar-refractivity contribution in [1.82, 2.24) is 15.0 Å². The molecule has 1 aromatic carbocycles. The van der Waals surface area contributed by atoms with Crippen molar-refractivity contribution >= 4 is 43.7 Å². The first-order chi connectivity index (χ1) is 18.0. The highest BCUT2D eigenvalue weighted by Gasteiger charge is 2.28. The standard InChI is InChI=1S/C25H38N4O6S3/c1-4-27-38(33,34)23-15-20(29-11-13-37(31,32)14-12-29)9-10-21(23)22-16-26-24(36-22)18-5-7-19(8-6-18)28-25(30)35-17(2)3/h9-10,15-19,27,31-32H,4-8,11-14H2,1-3H3,(H,28,30). The van der Waals surface area contributed by atoms with Crippen molar-refractivity contribution in [2.45, 2.75) is 69.4 Å². The number of nitrogens with zero attached hydrogens (tertiary/aromatic N) is 2. The molecule has 1 saturated carbocycles. The van der Waals surface area contributed by atoms with E-state index in [9.17, 15) is 22.3 Å². The van der Waals surface area contributed by atoms with Crippen molar-refractivity contribution in [3.63, 3.8) is 0 Å². The van der Waals surface area contributed by atoms with Crippen LogP contribution in [-0.2, 0) is 14.8 Å². The molecule has 2 aliphatic rings. The molecular formula is C25H38N4O6S3. The predicted octanol–water partition coefficient (Wildman–Crippen LogP) is 4.84. The summed E-state index contributed by atoms with van der Waals surface area (Å²) >= 11 is 1.51. The summed E-state index contributed by atoms with van der Waals surface area (Å²) in [7, 11) is -6.31. The third kappa shape index (κ3) is 7.19. The highest BCUT2D eigenvalue weighted by molar-refractivity contribution is 8.24. The van der Waals surface area contributed by atoms with Gasteiger partial charge in [0, 0.05) is 49.0 Å². The Morgan fingerprint density at radius 2 is 1.89 bits per heavy atom. The number of hydrogen-bond acceptors (Lipinski definition) is 9. The molecule has 2 aromatic rings. The van der Waals surface area contributed by atoms with Crippen LogP contribution in [0, 0.1) is 0 Å². The number of anilines is 1. The predicted molar refractivity (Wildman–Crippen MR) is 153 cm³/mol. The van der Waals surface area contributed by atoms with E-state index in [4.69, 9.17) is 4.74 Å². The molecule has 1 aromatic heterocycles. The van der Waals surface area contributed by atoms with E-state index in [1.54, 1.807) is 19.2 Å². The molecule has 1 aliphatic heterocycles. The number of nitrogens with one attached hydrogen (secondary N) is 2. The van der Waals surface area contributed by atoms with Crippen LogP contribution < -0.4 is 14.9 Å². The van der Waals surface area contributed by atoms with Crippen LogP contribution >= 0.6 is 21.9 Å². The number of hydrogen-bond donors (Lipinski definition) is 4. The first-order valence-corrected chi connectivity index (χ1v) is 17.2. The zero-order chi connectivity index (χ0) is 27.5. The molecule has 2 fully saturated rings. The molecule has 1 amide bonds. The summed E-state index contributed by atoms with van der Waals surface area (Å²) in [4.78, 5) is 19.6. The quantitative estimate of drug-likeness (QED) is 0.344. The van der Waals surface area contributed by atoms with E-state index in [2.05, 4.69) is 15.0 Å². The largest absolute Gasteiger partial charge is 0.447 e. The van der Waals surface area contributed by atoms with E-state index in [1.165, 1.54) is 11.3 Å². The number of benzene rings is 1. The zero-order valence-electron chi connectivity index (χ0n) is 22.1. The van der Waals surface area contributed by atoms with Crippen LogP contribution in [0.3, 0.4) is 0 Å². The number of thiazole rings is 1. The number of carbonyl (C=O) groups excluding carboxylic acids is 1. The fourth-order valence-corrected chi connectivity index (χ4v) is 8.59. The molecule has 10 nitrogen and oxygen atoms in total. The fourth-order valence-electron chi connectivity index (χ4n) is 4.89. The zero-order valence-corrected chi connectivity index (χ0v) is 24.5. The normalized spacial score (nSPS) is 22.7. The average Bonchev–Trinajstić information content (AvgIpc) is 3.34. The summed E-state index contributed by atoms with van der Waals surface area (Å²) in [6.45, 7) is 6.58. The Balaban J connectivity index is 1.51. The van der Waals surface area contributed by atoms with Crippen LogP contribution in [0.4, 0.5) is 10.5 Å². The van der Waals surface area contributed by atoms with Gasteiger partial charge in [-0.1, -0.05) is 13.0 Å². The minimum Gasteiger partial charge on any atom is -0.447 e. The smallest absolute Gasteiger partial charge is 0.407 e. The molecule has 2 heterocycles. The van der Waals surface area contributed by atoms with Crippen molar-refractivity contribution in [2.75, 3.05) is 36.0 Å². The Morgan fingerprint density at radius 3 is 2.53 bits per heavy atom. The van der Waals surface area contributed by atoms with E-state index in [-0.39, 0.29) is 47.1 Å². The summed E-state index contributed by atoms with van der Waals surface area (Å²) in [6.07, 6.45) is 4.65. The molecule has 13 heteroatoms. The van der Waals surface area contributed by atoms with Crippen LogP contribution in [0.25, 0.3) is 10.4 Å². The van der Waals surface area contributed by atoms with Crippen molar-refractivity contribution in [2.24, 2.45) is 0 Å². The van der Waals surface area contributed by atoms with Gasteiger partial charge in [-0.15, -0.1) is 11.3 Å². The lowest BCUT2D eigenvalue weighted by Gasteiger charge is -2.42. The van der Waals surface area contributed by atoms with Crippen molar-refractivity contribution in [1.29, 1.82) is 0 Å². The first-order valence-electron chi connectivity index (χ1n) is 13.0. The topological polar surface area (TPSA) is 141 Å². The van der Waals surface area contributed by atoms with Gasteiger partial charge in [-0.2, -0.15) is 10.6 Å². The summed E-state index contributed by atoms with van der Waals surface area (Å²) in [6, 6.07) is 5.48. The molecule has 0 radical (unpaired) electrons. The van der Waals surface area contributed by atoms with Crippen LogP contribution in [0.1, 0.15) is 57.4 Å². The van der Waals surface area contributed by atoms with E-state index in [0.29, 0.717) is 18.7 Å². The lowest BCUT2D eigenvalue weighted by atomic mass is 9.86. The molecule has 4 N–H and O–H groups in total. The summed E-state index contributed by atoms with van der Waals surface area (Å²) in [5.74, 6) is 0.812. The molecule has 0 spiro atoms. The summed E-state index contributed by atoms with van der Waals surface area (Å²) < 4.78 is 54.1. The second-order valence-electron chi connectivity index (χ2n) is 10.1. The van der Waals surface area contributed by atoms with Gasteiger partial charge >= 0.3 is 6.09 Å². The number of rotatable bonds is 8. The minimum atomic E-state index is -3.76. The fraction of sp³-hybridized carbons (Fsp3) is 0.600. The van der Waals surface area contributed by atoms with Crippen LogP contribution in [0.2, 0.25) is 0 Å². The van der Waals surface area contributed by atoms with Crippen molar-refractivity contribution in [3.8, 4) is 10.4 Å². The van der Waals surface area contributed by atoms with Gasteiger partial charge in [0.1, 0.15) is 0 Å². The van der Waals surface area contributed by atoms with Gasteiger partial charge < -0.3 is 15.0 Å². The van der Waals surface area contributed by atoms with E-state index < -0.39 is 20.6 Å². The highest BCUT2D eigenvalue weighted by atomic mass is 32.3. The maximum Gasteiger partial charge on any atom is 0.407 e. The van der Waals surface area contributed by atoms with Gasteiger partial charge in [0.15, 0.2) is 0 Å². The number of sulfonamides is 1. The van der Waals surface area contributed by atoms with Crippen LogP contribution in [0.15, 0.2) is 29.3 Å². The molecule has 1 aliphatic carbocycles. The first kappa shape index (κ1) is 29.1. The van der Waals surface area contributed by atoms with Gasteiger partial charge in [-0.25, -0.2) is 22.9 Å². The summed E-state index contributed by atoms with van der Waals surface area (Å²) in [5, 5.41) is 3.92. The van der Waals surface area contributed by atoms with E-state index in [1.807, 2.05) is 30.9 Å². The Bertz CT molecular complexity index is 1220. The van der Waals surface area contributed by atoms with Gasteiger partial charge in [0.05, 0.1) is 32.4 Å². The maximum absolute atomic E-state index is 13.2. The molecule has 38 heavy (non-hydrogen) atoms. The molecule has 1 saturated heterocycles. The van der Waals surface area contributed by atoms with Crippen LogP contribution in [-0.4, -0.2) is 71.9 Å². The maximum atomic E-state index is 13.2. The minimum absolute atomic E-state index is 0.0829. The monoisotopic (exact) mass is 586 g/mol. The lowest BCUT2D eigenvalue weighted by molar-refractivity contribution is 0.109. The Labute approximate surface area is 230 Å². The van der Waals surface area contributed by atoms with Crippen LogP contribution in [0.5, 0.6) is 0 Å². The highest BCUT2D eigenvalue weighted by Crippen LogP contribution is 2.43. The van der Waals surface area contributed by atoms with Gasteiger partial charge in [-0.3, -0.25) is 9.11 Å². The Morgan fingerprint density at radius 1 is 1.21 bits per heavy atom. The molecule has 0 atom stereocenters. The van der Waals surface area contributed by atoms with Gasteiger partial charge in [0.2, 0.25) is 10.0 Å².